The summed E-state index contributed by atoms with van der Waals surface area (Å²) in [7, 11) is 0. The molecule has 0 aromatic heterocycles. The van der Waals surface area contributed by atoms with Gasteiger partial charge in [0.1, 0.15) is 0 Å². The van der Waals surface area contributed by atoms with Crippen LogP contribution in [0.25, 0.3) is 0 Å². The van der Waals surface area contributed by atoms with Gasteiger partial charge in [0.25, 0.3) is 0 Å². The fraction of sp³-hybridized carbons (Fsp3) is 0.793. The fourth-order valence-electron chi connectivity index (χ4n) is 4.46. The van der Waals surface area contributed by atoms with Gasteiger partial charge in [0.05, 0.1) is 18.3 Å². The van der Waals surface area contributed by atoms with E-state index in [0.29, 0.717) is 0 Å². The van der Waals surface area contributed by atoms with E-state index in [2.05, 4.69) is 57.3 Å². The summed E-state index contributed by atoms with van der Waals surface area (Å²) in [6.45, 7) is 9.39. The zero-order valence-corrected chi connectivity index (χ0v) is 21.7. The Kier molecular flexibility index (Phi) is 17.8. The van der Waals surface area contributed by atoms with Crippen molar-refractivity contribution in [2.45, 2.75) is 148 Å². The van der Waals surface area contributed by atoms with Gasteiger partial charge >= 0.3 is 0 Å². The van der Waals surface area contributed by atoms with Crippen molar-refractivity contribution in [2.75, 3.05) is 0 Å². The largest absolute Gasteiger partial charge is 0.390 e. The predicted molar refractivity (Wildman–Crippen MR) is 139 cm³/mol. The zero-order chi connectivity index (χ0) is 23.4. The van der Waals surface area contributed by atoms with Crippen molar-refractivity contribution in [3.8, 4) is 0 Å². The van der Waals surface area contributed by atoms with E-state index < -0.39 is 6.10 Å². The lowest BCUT2D eigenvalue weighted by Crippen LogP contribution is -2.48. The van der Waals surface area contributed by atoms with Crippen LogP contribution in [0.15, 0.2) is 30.3 Å². The van der Waals surface area contributed by atoms with Crippen molar-refractivity contribution < 1.29 is 9.84 Å². The van der Waals surface area contributed by atoms with Crippen LogP contribution in [0.5, 0.6) is 0 Å². The molecule has 3 heteroatoms. The first-order chi connectivity index (χ1) is 15.6. The van der Waals surface area contributed by atoms with E-state index in [1.807, 2.05) is 6.07 Å². The normalized spacial score (nSPS) is 14.6. The lowest BCUT2D eigenvalue weighted by atomic mass is 9.97. The highest BCUT2D eigenvalue weighted by Gasteiger charge is 2.28. The number of nitrogens with one attached hydrogen (secondary N) is 1. The first kappa shape index (κ1) is 29.1. The van der Waals surface area contributed by atoms with Gasteiger partial charge in [-0.25, -0.2) is 0 Å². The molecule has 186 valence electrons. The third-order valence-corrected chi connectivity index (χ3v) is 6.41. The van der Waals surface area contributed by atoms with E-state index >= 15 is 0 Å². The molecule has 32 heavy (non-hydrogen) atoms. The van der Waals surface area contributed by atoms with Crippen LogP contribution in [0.4, 0.5) is 0 Å². The molecule has 0 unspecified atom stereocenters. The van der Waals surface area contributed by atoms with Crippen molar-refractivity contribution >= 4 is 0 Å². The lowest BCUT2D eigenvalue weighted by Gasteiger charge is -2.33. The quantitative estimate of drug-likeness (QED) is 0.189. The Morgan fingerprint density at radius 2 is 1.31 bits per heavy atom. The maximum Gasteiger partial charge on any atom is 0.0989 e. The summed E-state index contributed by atoms with van der Waals surface area (Å²) < 4.78 is 6.20. The number of aliphatic hydroxyl groups is 1. The number of hydrogen-bond donors (Lipinski definition) is 2. The highest BCUT2D eigenvalue weighted by atomic mass is 16.5. The van der Waals surface area contributed by atoms with Crippen molar-refractivity contribution in [3.05, 3.63) is 35.9 Å². The van der Waals surface area contributed by atoms with Crippen LogP contribution < -0.4 is 5.32 Å². The smallest absolute Gasteiger partial charge is 0.0989 e. The van der Waals surface area contributed by atoms with E-state index in [-0.39, 0.29) is 18.2 Å². The third kappa shape index (κ3) is 14.3. The van der Waals surface area contributed by atoms with E-state index in [4.69, 9.17) is 4.74 Å². The van der Waals surface area contributed by atoms with Crippen LogP contribution in [-0.4, -0.2) is 29.5 Å². The average Bonchev–Trinajstić information content (AvgIpc) is 2.79. The number of unbranched alkanes of at least 4 members (excludes halogenated alkanes) is 11. The monoisotopic (exact) mass is 447 g/mol. The number of aliphatic hydroxyl groups excluding tert-OH is 1. The van der Waals surface area contributed by atoms with Gasteiger partial charge in [-0.2, -0.15) is 0 Å². The van der Waals surface area contributed by atoms with E-state index in [1.165, 1.54) is 76.2 Å². The number of rotatable bonds is 21. The van der Waals surface area contributed by atoms with Crippen molar-refractivity contribution in [3.63, 3.8) is 0 Å². The molecule has 2 N–H and O–H groups in total. The summed E-state index contributed by atoms with van der Waals surface area (Å²) in [6.07, 6.45) is 17.4. The summed E-state index contributed by atoms with van der Waals surface area (Å²) in [5.74, 6) is 0. The van der Waals surface area contributed by atoms with E-state index in [1.54, 1.807) is 0 Å². The maximum absolute atomic E-state index is 11.0. The van der Waals surface area contributed by atoms with Gasteiger partial charge in [-0.1, -0.05) is 121 Å². The molecule has 0 bridgehead atoms. The standard InChI is InChI=1S/C29H53NO2/c1-5-7-8-9-10-11-12-13-14-15-16-20-23-28(31)29(32-25(3)4)27(6-2)30-24-26-21-18-17-19-22-26/h17-19,21-22,25,27-31H,5-16,20,23-24H2,1-4H3/t27-,28+,29-/m1/s1. The van der Waals surface area contributed by atoms with Gasteiger partial charge in [0, 0.05) is 12.6 Å². The lowest BCUT2D eigenvalue weighted by molar-refractivity contribution is -0.0858. The number of benzene rings is 1. The van der Waals surface area contributed by atoms with Gasteiger partial charge < -0.3 is 15.2 Å². The first-order valence-electron chi connectivity index (χ1n) is 13.7. The Morgan fingerprint density at radius 3 is 1.81 bits per heavy atom. The second-order valence-electron chi connectivity index (χ2n) is 9.78. The zero-order valence-electron chi connectivity index (χ0n) is 21.7. The Morgan fingerprint density at radius 1 is 0.781 bits per heavy atom. The highest BCUT2D eigenvalue weighted by molar-refractivity contribution is 5.14. The minimum Gasteiger partial charge on any atom is -0.390 e. The van der Waals surface area contributed by atoms with Crippen LogP contribution in [0.1, 0.15) is 123 Å². The first-order valence-corrected chi connectivity index (χ1v) is 13.7. The molecular formula is C29H53NO2. The SMILES string of the molecule is CCCCCCCCCCCCCC[C@H](O)[C@H](OC(C)C)[C@@H](CC)NCc1ccccc1. The van der Waals surface area contributed by atoms with Gasteiger partial charge in [-0.15, -0.1) is 0 Å². The molecule has 0 fully saturated rings. The molecule has 0 aliphatic rings. The molecule has 0 spiro atoms. The molecule has 0 heterocycles. The summed E-state index contributed by atoms with van der Waals surface area (Å²) in [5, 5.41) is 14.6. The maximum atomic E-state index is 11.0. The second kappa shape index (κ2) is 19.6. The van der Waals surface area contributed by atoms with Crippen molar-refractivity contribution in [1.29, 1.82) is 0 Å². The molecule has 1 rings (SSSR count). The Labute approximate surface area is 199 Å². The average molecular weight is 448 g/mol. The molecule has 0 aliphatic heterocycles. The van der Waals surface area contributed by atoms with Crippen molar-refractivity contribution in [2.24, 2.45) is 0 Å². The Balaban J connectivity index is 2.25. The number of hydrogen-bond acceptors (Lipinski definition) is 3. The van der Waals surface area contributed by atoms with Gasteiger partial charge in [-0.05, 0) is 32.3 Å². The van der Waals surface area contributed by atoms with Crippen LogP contribution in [0.3, 0.4) is 0 Å². The van der Waals surface area contributed by atoms with E-state index in [9.17, 15) is 5.11 Å². The molecule has 0 saturated heterocycles. The number of ether oxygens (including phenoxy) is 1. The topological polar surface area (TPSA) is 41.5 Å². The van der Waals surface area contributed by atoms with Crippen LogP contribution in [0, 0.1) is 0 Å². The molecule has 1 aromatic carbocycles. The van der Waals surface area contributed by atoms with Crippen molar-refractivity contribution in [1.82, 2.24) is 5.32 Å². The highest BCUT2D eigenvalue weighted by Crippen LogP contribution is 2.18. The summed E-state index contributed by atoms with van der Waals surface area (Å²) in [5.41, 5.74) is 1.27. The van der Waals surface area contributed by atoms with Crippen LogP contribution in [-0.2, 0) is 11.3 Å². The molecule has 0 amide bonds. The van der Waals surface area contributed by atoms with Gasteiger partial charge in [0.2, 0.25) is 0 Å². The molecular weight excluding hydrogens is 394 g/mol. The Bertz CT molecular complexity index is 519. The minimum atomic E-state index is -0.409. The Hall–Kier alpha value is -0.900. The third-order valence-electron chi connectivity index (χ3n) is 6.41. The molecule has 3 atom stereocenters. The molecule has 1 aromatic rings. The van der Waals surface area contributed by atoms with Gasteiger partial charge in [-0.3, -0.25) is 0 Å². The molecule has 0 saturated carbocycles. The molecule has 0 radical (unpaired) electrons. The summed E-state index contributed by atoms with van der Waals surface area (Å²) in [6, 6.07) is 10.6. The van der Waals surface area contributed by atoms with Crippen LogP contribution in [0.2, 0.25) is 0 Å². The summed E-state index contributed by atoms with van der Waals surface area (Å²) in [4.78, 5) is 0. The summed E-state index contributed by atoms with van der Waals surface area (Å²) >= 11 is 0. The second-order valence-corrected chi connectivity index (χ2v) is 9.78. The molecule has 3 nitrogen and oxygen atoms in total. The fourth-order valence-corrected chi connectivity index (χ4v) is 4.46. The predicted octanol–water partition coefficient (Wildman–Crippen LogP) is 7.80. The molecule has 0 aliphatic carbocycles. The van der Waals surface area contributed by atoms with Gasteiger partial charge in [0.15, 0.2) is 0 Å². The minimum absolute atomic E-state index is 0.115. The van der Waals surface area contributed by atoms with Crippen LogP contribution >= 0.6 is 0 Å². The van der Waals surface area contributed by atoms with E-state index in [0.717, 1.165) is 25.8 Å².